The molecule has 0 aliphatic heterocycles. The van der Waals surface area contributed by atoms with Crippen molar-refractivity contribution in [2.45, 2.75) is 45.4 Å². The van der Waals surface area contributed by atoms with Crippen molar-refractivity contribution in [3.63, 3.8) is 0 Å². The van der Waals surface area contributed by atoms with Gasteiger partial charge in [-0.05, 0) is 25.2 Å². The fourth-order valence-corrected chi connectivity index (χ4v) is 2.84. The molecule has 0 bridgehead atoms. The largest absolute Gasteiger partial charge is 0.370 e. The van der Waals surface area contributed by atoms with Crippen LogP contribution in [0.4, 0.5) is 17.6 Å². The van der Waals surface area contributed by atoms with Crippen LogP contribution in [-0.2, 0) is 0 Å². The van der Waals surface area contributed by atoms with Crippen molar-refractivity contribution in [3.8, 4) is 0 Å². The van der Waals surface area contributed by atoms with Crippen LogP contribution in [0.15, 0.2) is 6.07 Å². The number of nitrogens with one attached hydrogen (secondary N) is 1. The average molecular weight is 277 g/mol. The van der Waals surface area contributed by atoms with E-state index in [2.05, 4.69) is 34.2 Å². The van der Waals surface area contributed by atoms with E-state index in [1.54, 1.807) is 0 Å². The van der Waals surface area contributed by atoms with Gasteiger partial charge >= 0.3 is 0 Å². The molecule has 3 N–H and O–H groups in total. The number of hydrogen-bond acceptors (Lipinski definition) is 5. The lowest BCUT2D eigenvalue weighted by atomic mass is 9.89. The maximum Gasteiger partial charge on any atom is 0.223 e. The van der Waals surface area contributed by atoms with Crippen molar-refractivity contribution in [2.24, 2.45) is 5.92 Å². The molecule has 1 aromatic heterocycles. The standard InChI is InChI=1S/C15H27N5/c1-3-9-17-13-10-14(19-15(16)18-13)20(2)11-12-7-5-4-6-8-12/h10,12H,3-9,11H2,1-2H3,(H3,16,17,18,19). The summed E-state index contributed by atoms with van der Waals surface area (Å²) in [5, 5.41) is 3.28. The summed E-state index contributed by atoms with van der Waals surface area (Å²) in [4.78, 5) is 10.8. The smallest absolute Gasteiger partial charge is 0.223 e. The Morgan fingerprint density at radius 1 is 1.30 bits per heavy atom. The average Bonchev–Trinajstić information content (AvgIpc) is 2.45. The highest BCUT2D eigenvalue weighted by Gasteiger charge is 2.16. The SMILES string of the molecule is CCCNc1cc(N(C)CC2CCCCC2)nc(N)n1. The van der Waals surface area contributed by atoms with Gasteiger partial charge in [-0.25, -0.2) is 0 Å². The van der Waals surface area contributed by atoms with Gasteiger partial charge in [0.05, 0.1) is 0 Å². The van der Waals surface area contributed by atoms with Crippen molar-refractivity contribution in [3.05, 3.63) is 6.07 Å². The van der Waals surface area contributed by atoms with Gasteiger partial charge in [0.15, 0.2) is 0 Å². The summed E-state index contributed by atoms with van der Waals surface area (Å²) in [6, 6.07) is 1.99. The molecular weight excluding hydrogens is 250 g/mol. The van der Waals surface area contributed by atoms with Crippen molar-refractivity contribution in [2.75, 3.05) is 36.1 Å². The quantitative estimate of drug-likeness (QED) is 0.837. The molecular formula is C15H27N5. The Kier molecular flexibility index (Phi) is 5.44. The number of nitrogen functional groups attached to an aromatic ring is 1. The summed E-state index contributed by atoms with van der Waals surface area (Å²) < 4.78 is 0. The summed E-state index contributed by atoms with van der Waals surface area (Å²) in [6.07, 6.45) is 7.88. The molecule has 20 heavy (non-hydrogen) atoms. The molecule has 5 nitrogen and oxygen atoms in total. The van der Waals surface area contributed by atoms with Gasteiger partial charge in [0.25, 0.3) is 0 Å². The second kappa shape index (κ2) is 7.31. The highest BCUT2D eigenvalue weighted by molar-refractivity contribution is 5.52. The van der Waals surface area contributed by atoms with Crippen molar-refractivity contribution in [1.29, 1.82) is 0 Å². The van der Waals surface area contributed by atoms with Crippen LogP contribution in [0.2, 0.25) is 0 Å². The normalized spacial score (nSPS) is 16.1. The molecule has 1 aliphatic carbocycles. The first-order chi connectivity index (χ1) is 9.69. The Bertz CT molecular complexity index is 415. The molecule has 0 amide bonds. The molecule has 112 valence electrons. The summed E-state index contributed by atoms with van der Waals surface area (Å²) in [5.74, 6) is 2.88. The van der Waals surface area contributed by atoms with E-state index in [0.29, 0.717) is 5.95 Å². The van der Waals surface area contributed by atoms with Crippen molar-refractivity contribution in [1.82, 2.24) is 9.97 Å². The minimum absolute atomic E-state index is 0.344. The third kappa shape index (κ3) is 4.25. The summed E-state index contributed by atoms with van der Waals surface area (Å²) in [7, 11) is 2.10. The molecule has 5 heteroatoms. The first-order valence-electron chi connectivity index (χ1n) is 7.78. The fraction of sp³-hybridized carbons (Fsp3) is 0.733. The Labute approximate surface area is 122 Å². The summed E-state index contributed by atoms with van der Waals surface area (Å²) in [6.45, 7) is 4.10. The third-order valence-corrected chi connectivity index (χ3v) is 3.93. The molecule has 0 atom stereocenters. The summed E-state index contributed by atoms with van der Waals surface area (Å²) in [5.41, 5.74) is 5.81. The Morgan fingerprint density at radius 3 is 2.75 bits per heavy atom. The van der Waals surface area contributed by atoms with E-state index < -0.39 is 0 Å². The fourth-order valence-electron chi connectivity index (χ4n) is 2.84. The van der Waals surface area contributed by atoms with E-state index in [4.69, 9.17) is 5.73 Å². The Balaban J connectivity index is 2.00. The zero-order valence-corrected chi connectivity index (χ0v) is 12.7. The first kappa shape index (κ1) is 14.9. The van der Waals surface area contributed by atoms with E-state index >= 15 is 0 Å². The van der Waals surface area contributed by atoms with Crippen LogP contribution >= 0.6 is 0 Å². The van der Waals surface area contributed by atoms with Gasteiger partial charge in [-0.2, -0.15) is 9.97 Å². The topological polar surface area (TPSA) is 67.1 Å². The van der Waals surface area contributed by atoms with Gasteiger partial charge in [0.2, 0.25) is 5.95 Å². The minimum Gasteiger partial charge on any atom is -0.370 e. The number of aromatic nitrogens is 2. The zero-order valence-electron chi connectivity index (χ0n) is 12.7. The van der Waals surface area contributed by atoms with Crippen LogP contribution in [0.1, 0.15) is 45.4 Å². The molecule has 1 heterocycles. The molecule has 0 aromatic carbocycles. The molecule has 2 rings (SSSR count). The van der Waals surface area contributed by atoms with E-state index in [1.807, 2.05) is 6.07 Å². The van der Waals surface area contributed by atoms with Crippen LogP contribution < -0.4 is 16.0 Å². The monoisotopic (exact) mass is 277 g/mol. The second-order valence-corrected chi connectivity index (χ2v) is 5.78. The van der Waals surface area contributed by atoms with E-state index in [1.165, 1.54) is 32.1 Å². The minimum atomic E-state index is 0.344. The number of anilines is 3. The van der Waals surface area contributed by atoms with Crippen LogP contribution in [-0.4, -0.2) is 30.1 Å². The first-order valence-corrected chi connectivity index (χ1v) is 7.78. The second-order valence-electron chi connectivity index (χ2n) is 5.78. The molecule has 0 radical (unpaired) electrons. The van der Waals surface area contributed by atoms with Gasteiger partial charge in [0.1, 0.15) is 11.6 Å². The van der Waals surface area contributed by atoms with Gasteiger partial charge in [-0.15, -0.1) is 0 Å². The highest BCUT2D eigenvalue weighted by Crippen LogP contribution is 2.26. The van der Waals surface area contributed by atoms with Crippen LogP contribution in [0, 0.1) is 5.92 Å². The van der Waals surface area contributed by atoms with Crippen molar-refractivity contribution < 1.29 is 0 Å². The van der Waals surface area contributed by atoms with Gasteiger partial charge in [-0.3, -0.25) is 0 Å². The Hall–Kier alpha value is -1.52. The van der Waals surface area contributed by atoms with Gasteiger partial charge < -0.3 is 16.0 Å². The molecule has 0 spiro atoms. The lowest BCUT2D eigenvalue weighted by Crippen LogP contribution is -2.28. The number of nitrogens with two attached hydrogens (primary N) is 1. The van der Waals surface area contributed by atoms with Crippen LogP contribution in [0.5, 0.6) is 0 Å². The van der Waals surface area contributed by atoms with Crippen LogP contribution in [0.25, 0.3) is 0 Å². The molecule has 1 aromatic rings. The molecule has 1 aliphatic rings. The predicted octanol–water partition coefficient (Wildman–Crippen LogP) is 2.90. The maximum absolute atomic E-state index is 5.81. The molecule has 1 fully saturated rings. The zero-order chi connectivity index (χ0) is 14.4. The summed E-state index contributed by atoms with van der Waals surface area (Å²) >= 11 is 0. The molecule has 0 unspecified atom stereocenters. The molecule has 1 saturated carbocycles. The van der Waals surface area contributed by atoms with Crippen molar-refractivity contribution >= 4 is 17.6 Å². The number of rotatable bonds is 6. The van der Waals surface area contributed by atoms with E-state index in [9.17, 15) is 0 Å². The Morgan fingerprint density at radius 2 is 2.05 bits per heavy atom. The van der Waals surface area contributed by atoms with Crippen LogP contribution in [0.3, 0.4) is 0 Å². The lowest BCUT2D eigenvalue weighted by molar-refractivity contribution is 0.361. The van der Waals surface area contributed by atoms with Gasteiger partial charge in [0, 0.05) is 26.2 Å². The lowest BCUT2D eigenvalue weighted by Gasteiger charge is -2.27. The highest BCUT2D eigenvalue weighted by atomic mass is 15.2. The molecule has 0 saturated heterocycles. The number of nitrogens with zero attached hydrogens (tertiary/aromatic N) is 3. The number of hydrogen-bond donors (Lipinski definition) is 2. The maximum atomic E-state index is 5.81. The predicted molar refractivity (Wildman–Crippen MR) is 85.1 cm³/mol. The third-order valence-electron chi connectivity index (χ3n) is 3.93. The van der Waals surface area contributed by atoms with E-state index in [-0.39, 0.29) is 0 Å². The van der Waals surface area contributed by atoms with E-state index in [0.717, 1.165) is 37.1 Å². The van der Waals surface area contributed by atoms with Gasteiger partial charge in [-0.1, -0.05) is 26.2 Å².